The van der Waals surface area contributed by atoms with E-state index < -0.39 is 27.5 Å². The van der Waals surface area contributed by atoms with E-state index >= 15 is 0 Å². The van der Waals surface area contributed by atoms with E-state index in [1.54, 1.807) is 43.3 Å². The number of hydrogen-bond acceptors (Lipinski definition) is 4. The molecule has 0 aliphatic rings. The molecule has 0 spiro atoms. The van der Waals surface area contributed by atoms with E-state index in [0.717, 1.165) is 10.6 Å². The number of carbonyl (C=O) groups excluding carboxylic acids is 2. The van der Waals surface area contributed by atoms with Gasteiger partial charge in [0.1, 0.15) is 6.04 Å². The number of nitrogens with zero attached hydrogens (tertiary/aromatic N) is 1. The second-order valence-electron chi connectivity index (χ2n) is 8.40. The number of aryl methyl sites for hydroxylation is 1. The molecule has 0 heterocycles. The van der Waals surface area contributed by atoms with Crippen LogP contribution in [0.3, 0.4) is 0 Å². The van der Waals surface area contributed by atoms with Gasteiger partial charge in [-0.3, -0.25) is 13.9 Å². The molecular weight excluding hydrogens is 438 g/mol. The van der Waals surface area contributed by atoms with Gasteiger partial charge < -0.3 is 10.6 Å². The number of amides is 2. The number of sulfonamides is 1. The van der Waals surface area contributed by atoms with Gasteiger partial charge in [0.2, 0.25) is 15.9 Å². The lowest BCUT2D eigenvalue weighted by Gasteiger charge is -2.30. The highest BCUT2D eigenvalue weighted by Gasteiger charge is 2.31. The third-order valence-electron chi connectivity index (χ3n) is 4.42. The zero-order chi connectivity index (χ0) is 23.6. The molecule has 0 bridgehead atoms. The van der Waals surface area contributed by atoms with E-state index in [0.29, 0.717) is 16.3 Å². The van der Waals surface area contributed by atoms with Crippen molar-refractivity contribution in [3.05, 3.63) is 58.6 Å². The Kier molecular flexibility index (Phi) is 7.39. The largest absolute Gasteiger partial charge is 0.347 e. The van der Waals surface area contributed by atoms with Crippen LogP contribution in [0.4, 0.5) is 11.4 Å². The van der Waals surface area contributed by atoms with Gasteiger partial charge in [0, 0.05) is 10.6 Å². The van der Waals surface area contributed by atoms with Crippen molar-refractivity contribution in [3.63, 3.8) is 0 Å². The van der Waals surface area contributed by atoms with Gasteiger partial charge in [-0.15, -0.1) is 0 Å². The Morgan fingerprint density at radius 1 is 1.10 bits per heavy atom. The zero-order valence-corrected chi connectivity index (χ0v) is 20.1. The van der Waals surface area contributed by atoms with Crippen molar-refractivity contribution in [2.45, 2.75) is 46.2 Å². The van der Waals surface area contributed by atoms with Crippen LogP contribution in [-0.4, -0.2) is 38.1 Å². The summed E-state index contributed by atoms with van der Waals surface area (Å²) < 4.78 is 26.2. The van der Waals surface area contributed by atoms with E-state index in [1.807, 2.05) is 20.8 Å². The standard InChI is InChI=1S/C22H28ClN3O4S/c1-14-11-12-16(23)13-19(14)26(31(6,29)30)15(2)20(27)24-18-10-8-7-9-17(18)21(28)25-22(3,4)5/h7-13,15H,1-6H3,(H,24,27)(H,25,28)/t15-/m1/s1. The Hall–Kier alpha value is -2.58. The smallest absolute Gasteiger partial charge is 0.253 e. The molecule has 31 heavy (non-hydrogen) atoms. The monoisotopic (exact) mass is 465 g/mol. The maximum atomic E-state index is 13.0. The van der Waals surface area contributed by atoms with E-state index in [-0.39, 0.29) is 17.2 Å². The Bertz CT molecular complexity index is 1090. The molecule has 0 aromatic heterocycles. The Labute approximate surface area is 188 Å². The number of para-hydroxylation sites is 1. The number of halogens is 1. The van der Waals surface area contributed by atoms with Gasteiger partial charge in [-0.05, 0) is 64.4 Å². The molecular formula is C22H28ClN3O4S. The third-order valence-corrected chi connectivity index (χ3v) is 5.88. The predicted octanol–water partition coefficient (Wildman–Crippen LogP) is 3.97. The SMILES string of the molecule is Cc1ccc(Cl)cc1N([C@H](C)C(=O)Nc1ccccc1C(=O)NC(C)(C)C)S(C)(=O)=O. The molecule has 0 radical (unpaired) electrons. The summed E-state index contributed by atoms with van der Waals surface area (Å²) in [5, 5.41) is 5.90. The van der Waals surface area contributed by atoms with Crippen LogP contribution in [0.1, 0.15) is 43.6 Å². The lowest BCUT2D eigenvalue weighted by atomic mass is 10.1. The van der Waals surface area contributed by atoms with E-state index in [1.165, 1.54) is 13.0 Å². The quantitative estimate of drug-likeness (QED) is 0.674. The van der Waals surface area contributed by atoms with E-state index in [9.17, 15) is 18.0 Å². The summed E-state index contributed by atoms with van der Waals surface area (Å²) in [5.74, 6) is -0.928. The molecule has 2 rings (SSSR count). The van der Waals surface area contributed by atoms with Gasteiger partial charge in [-0.25, -0.2) is 8.42 Å². The minimum absolute atomic E-state index is 0.280. The highest BCUT2D eigenvalue weighted by atomic mass is 35.5. The summed E-state index contributed by atoms with van der Waals surface area (Å²) in [7, 11) is -3.81. The van der Waals surface area contributed by atoms with Crippen LogP contribution in [0.25, 0.3) is 0 Å². The zero-order valence-electron chi connectivity index (χ0n) is 18.5. The lowest BCUT2D eigenvalue weighted by molar-refractivity contribution is -0.116. The predicted molar refractivity (Wildman–Crippen MR) is 125 cm³/mol. The molecule has 2 aromatic carbocycles. The molecule has 2 amide bonds. The molecule has 2 aromatic rings. The number of nitrogens with one attached hydrogen (secondary N) is 2. The van der Waals surface area contributed by atoms with Crippen molar-refractivity contribution in [1.29, 1.82) is 0 Å². The number of hydrogen-bond donors (Lipinski definition) is 2. The number of carbonyl (C=O) groups is 2. The van der Waals surface area contributed by atoms with E-state index in [4.69, 9.17) is 11.6 Å². The Balaban J connectivity index is 2.39. The average molecular weight is 466 g/mol. The van der Waals surface area contributed by atoms with Crippen LogP contribution < -0.4 is 14.9 Å². The van der Waals surface area contributed by atoms with Crippen molar-refractivity contribution in [1.82, 2.24) is 5.32 Å². The van der Waals surface area contributed by atoms with Crippen molar-refractivity contribution < 1.29 is 18.0 Å². The van der Waals surface area contributed by atoms with Gasteiger partial charge in [0.15, 0.2) is 0 Å². The second-order valence-corrected chi connectivity index (χ2v) is 10.7. The number of rotatable bonds is 6. The summed E-state index contributed by atoms with van der Waals surface area (Å²) in [6.45, 7) is 8.78. The van der Waals surface area contributed by atoms with Crippen molar-refractivity contribution in [2.24, 2.45) is 0 Å². The first-order valence-electron chi connectivity index (χ1n) is 9.68. The minimum Gasteiger partial charge on any atom is -0.347 e. The molecule has 1 atom stereocenters. The molecule has 9 heteroatoms. The molecule has 0 saturated heterocycles. The Morgan fingerprint density at radius 2 is 1.71 bits per heavy atom. The van der Waals surface area contributed by atoms with Crippen LogP contribution in [0.2, 0.25) is 5.02 Å². The third kappa shape index (κ3) is 6.45. The fourth-order valence-corrected chi connectivity index (χ4v) is 4.43. The van der Waals surface area contributed by atoms with Crippen LogP contribution in [0.5, 0.6) is 0 Å². The molecule has 0 fully saturated rings. The van der Waals surface area contributed by atoms with Gasteiger partial charge in [0.25, 0.3) is 5.91 Å². The fraction of sp³-hybridized carbons (Fsp3) is 0.364. The maximum absolute atomic E-state index is 13.0. The highest BCUT2D eigenvalue weighted by Crippen LogP contribution is 2.29. The Morgan fingerprint density at radius 3 is 2.29 bits per heavy atom. The molecule has 0 aliphatic carbocycles. The highest BCUT2D eigenvalue weighted by molar-refractivity contribution is 7.92. The summed E-state index contributed by atoms with van der Waals surface area (Å²) >= 11 is 6.07. The molecule has 0 saturated carbocycles. The molecule has 2 N–H and O–H groups in total. The number of benzene rings is 2. The molecule has 0 unspecified atom stereocenters. The van der Waals surface area contributed by atoms with Crippen molar-refractivity contribution >= 4 is 44.8 Å². The van der Waals surface area contributed by atoms with Gasteiger partial charge in [-0.2, -0.15) is 0 Å². The summed E-state index contributed by atoms with van der Waals surface area (Å²) in [6, 6.07) is 10.3. The van der Waals surface area contributed by atoms with E-state index in [2.05, 4.69) is 10.6 Å². The van der Waals surface area contributed by atoms with Crippen LogP contribution >= 0.6 is 11.6 Å². The lowest BCUT2D eigenvalue weighted by Crippen LogP contribution is -2.46. The second kappa shape index (κ2) is 9.28. The average Bonchev–Trinajstić information content (AvgIpc) is 2.62. The van der Waals surface area contributed by atoms with Crippen LogP contribution in [0, 0.1) is 6.92 Å². The minimum atomic E-state index is -3.81. The molecule has 7 nitrogen and oxygen atoms in total. The maximum Gasteiger partial charge on any atom is 0.253 e. The van der Waals surface area contributed by atoms with Crippen molar-refractivity contribution in [2.75, 3.05) is 15.9 Å². The van der Waals surface area contributed by atoms with Gasteiger partial charge in [0.05, 0.1) is 23.2 Å². The van der Waals surface area contributed by atoms with Crippen LogP contribution in [0.15, 0.2) is 42.5 Å². The first kappa shape index (κ1) is 24.7. The fourth-order valence-electron chi connectivity index (χ4n) is 3.04. The normalized spacial score (nSPS) is 12.7. The topological polar surface area (TPSA) is 95.6 Å². The summed E-state index contributed by atoms with van der Waals surface area (Å²) in [6.07, 6.45) is 1.03. The van der Waals surface area contributed by atoms with Gasteiger partial charge >= 0.3 is 0 Å². The molecule has 168 valence electrons. The summed E-state index contributed by atoms with van der Waals surface area (Å²) in [4.78, 5) is 25.7. The van der Waals surface area contributed by atoms with Gasteiger partial charge in [-0.1, -0.05) is 29.8 Å². The first-order valence-corrected chi connectivity index (χ1v) is 11.9. The molecule has 0 aliphatic heterocycles. The van der Waals surface area contributed by atoms with Crippen LogP contribution in [-0.2, 0) is 14.8 Å². The first-order chi connectivity index (χ1) is 14.2. The number of anilines is 2. The summed E-state index contributed by atoms with van der Waals surface area (Å²) in [5.41, 5.74) is 1.08. The van der Waals surface area contributed by atoms with Crippen molar-refractivity contribution in [3.8, 4) is 0 Å².